The SMILES string of the molecule is I.NC(=NCC(O)CS(=O)(=O)c1cccs1)Nc1cccc2c1CCCC2. The number of aliphatic hydroxyl groups is 1. The molecule has 0 saturated carbocycles. The van der Waals surface area contributed by atoms with Crippen LogP contribution < -0.4 is 11.1 Å². The van der Waals surface area contributed by atoms with E-state index >= 15 is 0 Å². The van der Waals surface area contributed by atoms with Gasteiger partial charge in [0.2, 0.25) is 0 Å². The van der Waals surface area contributed by atoms with Crippen LogP contribution in [0.4, 0.5) is 5.69 Å². The fourth-order valence-electron chi connectivity index (χ4n) is 3.11. The topological polar surface area (TPSA) is 105 Å². The van der Waals surface area contributed by atoms with Crippen molar-refractivity contribution in [3.63, 3.8) is 0 Å². The van der Waals surface area contributed by atoms with Crippen molar-refractivity contribution >= 4 is 56.8 Å². The zero-order valence-electron chi connectivity index (χ0n) is 14.8. The highest BCUT2D eigenvalue weighted by molar-refractivity contribution is 14.0. The summed E-state index contributed by atoms with van der Waals surface area (Å²) in [7, 11) is -3.50. The molecule has 0 spiro atoms. The highest BCUT2D eigenvalue weighted by Crippen LogP contribution is 2.27. The highest BCUT2D eigenvalue weighted by atomic mass is 127. The zero-order chi connectivity index (χ0) is 18.6. The van der Waals surface area contributed by atoms with Gasteiger partial charge >= 0.3 is 0 Å². The number of aryl methyl sites for hydroxylation is 1. The van der Waals surface area contributed by atoms with Gasteiger partial charge in [-0.3, -0.25) is 4.99 Å². The van der Waals surface area contributed by atoms with Crippen LogP contribution in [0.2, 0.25) is 0 Å². The Labute approximate surface area is 180 Å². The summed E-state index contributed by atoms with van der Waals surface area (Å²) in [6.07, 6.45) is 3.33. The second kappa shape index (κ2) is 9.85. The first-order valence-corrected chi connectivity index (χ1v) is 11.1. The van der Waals surface area contributed by atoms with Gasteiger partial charge in [0.25, 0.3) is 0 Å². The van der Waals surface area contributed by atoms with Crippen LogP contribution in [0.3, 0.4) is 0 Å². The summed E-state index contributed by atoms with van der Waals surface area (Å²) in [5.41, 5.74) is 9.45. The fourth-order valence-corrected chi connectivity index (χ4v) is 5.58. The smallest absolute Gasteiger partial charge is 0.193 e. The summed E-state index contributed by atoms with van der Waals surface area (Å²) < 4.78 is 24.6. The maximum atomic E-state index is 12.2. The second-order valence-corrected chi connectivity index (χ2v) is 9.58. The number of nitrogens with two attached hydrogens (primary N) is 1. The van der Waals surface area contributed by atoms with E-state index in [-0.39, 0.29) is 46.4 Å². The number of aliphatic hydroxyl groups excluding tert-OH is 1. The average molecular weight is 521 g/mol. The summed E-state index contributed by atoms with van der Waals surface area (Å²) in [6.45, 7) is -0.0710. The average Bonchev–Trinajstić information content (AvgIpc) is 3.16. The second-order valence-electron chi connectivity index (χ2n) is 6.37. The van der Waals surface area contributed by atoms with Crippen LogP contribution in [0, 0.1) is 0 Å². The number of fused-ring (bicyclic) bond motifs is 1. The summed E-state index contributed by atoms with van der Waals surface area (Å²) in [4.78, 5) is 4.11. The van der Waals surface area contributed by atoms with E-state index in [1.165, 1.54) is 23.6 Å². The third-order valence-electron chi connectivity index (χ3n) is 4.34. The standard InChI is InChI=1S/C18H23N3O3S2.HI/c19-18(21-16-8-3-6-13-5-1-2-7-15(13)16)20-11-14(22)12-26(23,24)17-9-4-10-25-17;/h3-4,6,8-10,14,22H,1-2,5,7,11-12H2,(H3,19,20,21);1H. The summed E-state index contributed by atoms with van der Waals surface area (Å²) >= 11 is 1.14. The van der Waals surface area contributed by atoms with Gasteiger partial charge < -0.3 is 16.2 Å². The number of benzene rings is 1. The molecule has 0 amide bonds. The Hall–Kier alpha value is -1.17. The third kappa shape index (κ3) is 5.90. The van der Waals surface area contributed by atoms with Crippen LogP contribution in [-0.4, -0.2) is 37.9 Å². The molecule has 148 valence electrons. The van der Waals surface area contributed by atoms with Crippen molar-refractivity contribution < 1.29 is 13.5 Å². The van der Waals surface area contributed by atoms with E-state index in [2.05, 4.69) is 16.4 Å². The maximum absolute atomic E-state index is 12.2. The van der Waals surface area contributed by atoms with E-state index in [1.54, 1.807) is 11.4 Å². The van der Waals surface area contributed by atoms with Crippen LogP contribution in [0.15, 0.2) is 44.9 Å². The van der Waals surface area contributed by atoms with Crippen LogP contribution in [0.1, 0.15) is 24.0 Å². The maximum Gasteiger partial charge on any atom is 0.193 e. The lowest BCUT2D eigenvalue weighted by molar-refractivity contribution is 0.206. The Kier molecular flexibility index (Phi) is 8.07. The van der Waals surface area contributed by atoms with Crippen molar-refractivity contribution in [1.82, 2.24) is 0 Å². The minimum Gasteiger partial charge on any atom is -0.390 e. The first-order chi connectivity index (χ1) is 12.5. The first kappa shape index (κ1) is 22.1. The number of guanidine groups is 1. The van der Waals surface area contributed by atoms with Gasteiger partial charge in [0.05, 0.1) is 18.4 Å². The monoisotopic (exact) mass is 521 g/mol. The Balaban J connectivity index is 0.00000261. The van der Waals surface area contributed by atoms with Gasteiger partial charge in [0, 0.05) is 5.69 Å². The summed E-state index contributed by atoms with van der Waals surface area (Å²) in [6, 6.07) is 9.29. The molecule has 6 nitrogen and oxygen atoms in total. The fraction of sp³-hybridized carbons (Fsp3) is 0.389. The predicted molar refractivity (Wildman–Crippen MR) is 121 cm³/mol. The van der Waals surface area contributed by atoms with E-state index in [9.17, 15) is 13.5 Å². The summed E-state index contributed by atoms with van der Waals surface area (Å²) in [5, 5.41) is 14.8. The number of rotatable bonds is 6. The number of hydrogen-bond acceptors (Lipinski definition) is 5. The molecule has 27 heavy (non-hydrogen) atoms. The number of anilines is 1. The molecule has 0 aliphatic heterocycles. The Bertz CT molecular complexity index is 883. The molecule has 2 aromatic rings. The molecule has 1 atom stereocenters. The van der Waals surface area contributed by atoms with Crippen molar-refractivity contribution in [1.29, 1.82) is 0 Å². The van der Waals surface area contributed by atoms with Gasteiger partial charge in [-0.25, -0.2) is 8.42 Å². The van der Waals surface area contributed by atoms with Crippen molar-refractivity contribution in [3.05, 3.63) is 46.8 Å². The normalized spacial score (nSPS) is 15.5. The van der Waals surface area contributed by atoms with E-state index in [4.69, 9.17) is 5.73 Å². The molecule has 0 fully saturated rings. The highest BCUT2D eigenvalue weighted by Gasteiger charge is 2.20. The minimum atomic E-state index is -3.50. The lowest BCUT2D eigenvalue weighted by Gasteiger charge is -2.20. The molecule has 0 bridgehead atoms. The Morgan fingerprint density at radius 3 is 2.78 bits per heavy atom. The van der Waals surface area contributed by atoms with Gasteiger partial charge in [-0.05, 0) is 54.3 Å². The van der Waals surface area contributed by atoms with E-state index < -0.39 is 15.9 Å². The number of hydrogen-bond donors (Lipinski definition) is 3. The van der Waals surface area contributed by atoms with Crippen molar-refractivity contribution in [2.24, 2.45) is 10.7 Å². The van der Waals surface area contributed by atoms with Crippen molar-refractivity contribution in [2.45, 2.75) is 36.0 Å². The molecular formula is C18H24IN3O3S2. The Morgan fingerprint density at radius 1 is 1.26 bits per heavy atom. The molecule has 9 heteroatoms. The molecule has 1 aromatic heterocycles. The molecule has 1 aliphatic rings. The van der Waals surface area contributed by atoms with Crippen molar-refractivity contribution in [2.75, 3.05) is 17.6 Å². The molecule has 0 saturated heterocycles. The van der Waals surface area contributed by atoms with Gasteiger partial charge in [0.15, 0.2) is 15.8 Å². The lowest BCUT2D eigenvalue weighted by atomic mass is 9.90. The number of nitrogens with zero attached hydrogens (tertiary/aromatic N) is 1. The molecule has 0 radical (unpaired) electrons. The third-order valence-corrected chi connectivity index (χ3v) is 7.63. The van der Waals surface area contributed by atoms with Crippen LogP contribution in [0.25, 0.3) is 0 Å². The molecular weight excluding hydrogens is 497 g/mol. The van der Waals surface area contributed by atoms with E-state index in [1.807, 2.05) is 12.1 Å². The molecule has 4 N–H and O–H groups in total. The number of nitrogens with one attached hydrogen (secondary N) is 1. The quantitative estimate of drug-likeness (QED) is 0.308. The van der Waals surface area contributed by atoms with Gasteiger partial charge in [-0.2, -0.15) is 0 Å². The van der Waals surface area contributed by atoms with Gasteiger partial charge in [0.1, 0.15) is 4.21 Å². The predicted octanol–water partition coefficient (Wildman–Crippen LogP) is 2.81. The van der Waals surface area contributed by atoms with Crippen molar-refractivity contribution in [3.8, 4) is 0 Å². The number of aliphatic imine (C=N–C) groups is 1. The lowest BCUT2D eigenvalue weighted by Crippen LogP contribution is -2.28. The van der Waals surface area contributed by atoms with E-state index in [0.29, 0.717) is 0 Å². The Morgan fingerprint density at radius 2 is 2.04 bits per heavy atom. The molecule has 1 heterocycles. The summed E-state index contributed by atoms with van der Waals surface area (Å²) in [5.74, 6) is -0.193. The van der Waals surface area contributed by atoms with Gasteiger partial charge in [-0.15, -0.1) is 35.3 Å². The number of sulfone groups is 1. The number of thiophene rings is 1. The largest absolute Gasteiger partial charge is 0.390 e. The molecule has 1 aliphatic carbocycles. The molecule has 1 unspecified atom stereocenters. The molecule has 3 rings (SSSR count). The molecule has 1 aromatic carbocycles. The van der Waals surface area contributed by atoms with Crippen LogP contribution in [0.5, 0.6) is 0 Å². The van der Waals surface area contributed by atoms with E-state index in [0.717, 1.165) is 36.3 Å². The number of halogens is 1. The zero-order valence-corrected chi connectivity index (χ0v) is 18.8. The van der Waals surface area contributed by atoms with Crippen LogP contribution >= 0.6 is 35.3 Å². The van der Waals surface area contributed by atoms with Gasteiger partial charge in [-0.1, -0.05) is 18.2 Å². The first-order valence-electron chi connectivity index (χ1n) is 8.58. The van der Waals surface area contributed by atoms with Crippen LogP contribution in [-0.2, 0) is 22.7 Å². The minimum absolute atomic E-state index is 0.